The summed E-state index contributed by atoms with van der Waals surface area (Å²) in [6.07, 6.45) is 0.978. The van der Waals surface area contributed by atoms with Crippen molar-refractivity contribution in [3.05, 3.63) is 23.9 Å². The molecule has 1 aromatic heterocycles. The zero-order valence-corrected chi connectivity index (χ0v) is 16.6. The highest BCUT2D eigenvalue weighted by molar-refractivity contribution is 5.85. The molecule has 146 valence electrons. The number of nitriles is 1. The molecule has 1 saturated heterocycles. The number of carbonyl (C=O) groups is 1. The summed E-state index contributed by atoms with van der Waals surface area (Å²) in [5.41, 5.74) is 0.429. The van der Waals surface area contributed by atoms with E-state index in [0.29, 0.717) is 5.69 Å². The van der Waals surface area contributed by atoms with Crippen molar-refractivity contribution in [2.45, 2.75) is 26.3 Å². The number of pyridine rings is 1. The number of aliphatic imine (C=N–C) groups is 1. The molecule has 1 N–H and O–H groups in total. The maximum atomic E-state index is 11.9. The van der Waals surface area contributed by atoms with Crippen LogP contribution in [0.4, 0.5) is 5.82 Å². The van der Waals surface area contributed by atoms with Crippen LogP contribution >= 0.6 is 0 Å². The van der Waals surface area contributed by atoms with Crippen LogP contribution in [0, 0.1) is 11.3 Å². The van der Waals surface area contributed by atoms with Gasteiger partial charge in [0.2, 0.25) is 5.91 Å². The van der Waals surface area contributed by atoms with E-state index in [1.807, 2.05) is 12.1 Å². The fraction of sp³-hybridized carbons (Fsp3) is 0.579. The largest absolute Gasteiger partial charge is 0.354 e. The molecule has 0 bridgehead atoms. The minimum atomic E-state index is -0.0189. The minimum Gasteiger partial charge on any atom is -0.354 e. The summed E-state index contributed by atoms with van der Waals surface area (Å²) in [5, 5.41) is 12.5. The van der Waals surface area contributed by atoms with Gasteiger partial charge >= 0.3 is 0 Å². The third-order valence-corrected chi connectivity index (χ3v) is 4.60. The van der Waals surface area contributed by atoms with Gasteiger partial charge in [0.05, 0.1) is 0 Å². The number of nitrogens with one attached hydrogen (secondary N) is 1. The number of amides is 1. The molecule has 1 aliphatic rings. The van der Waals surface area contributed by atoms with Crippen LogP contribution in [0.25, 0.3) is 0 Å². The van der Waals surface area contributed by atoms with E-state index in [1.165, 1.54) is 0 Å². The second kappa shape index (κ2) is 9.76. The van der Waals surface area contributed by atoms with Crippen molar-refractivity contribution in [1.82, 2.24) is 20.1 Å². The van der Waals surface area contributed by atoms with Crippen LogP contribution in [0.1, 0.15) is 26.0 Å². The van der Waals surface area contributed by atoms with Gasteiger partial charge in [0.15, 0.2) is 5.96 Å². The number of nitrogens with zero attached hydrogens (tertiary/aromatic N) is 6. The lowest BCUT2D eigenvalue weighted by molar-refractivity contribution is -0.127. The third kappa shape index (κ3) is 5.84. The molecule has 1 aliphatic heterocycles. The van der Waals surface area contributed by atoms with Gasteiger partial charge < -0.3 is 20.0 Å². The average molecular weight is 371 g/mol. The highest BCUT2D eigenvalue weighted by atomic mass is 16.2. The summed E-state index contributed by atoms with van der Waals surface area (Å²) in [6, 6.07) is 7.87. The van der Waals surface area contributed by atoms with Crippen molar-refractivity contribution in [2.24, 2.45) is 4.99 Å². The lowest BCUT2D eigenvalue weighted by Crippen LogP contribution is -2.54. The zero-order chi connectivity index (χ0) is 19.8. The molecule has 1 amide bonds. The van der Waals surface area contributed by atoms with E-state index in [9.17, 15) is 4.79 Å². The van der Waals surface area contributed by atoms with Gasteiger partial charge in [-0.2, -0.15) is 5.26 Å². The Bertz CT molecular complexity index is 702. The summed E-state index contributed by atoms with van der Waals surface area (Å²) < 4.78 is 0. The van der Waals surface area contributed by atoms with E-state index in [0.717, 1.165) is 44.4 Å². The predicted molar refractivity (Wildman–Crippen MR) is 107 cm³/mol. The molecular formula is C19H29N7O. The van der Waals surface area contributed by atoms with Crippen molar-refractivity contribution in [1.29, 1.82) is 5.26 Å². The number of hydrogen-bond donors (Lipinski definition) is 1. The third-order valence-electron chi connectivity index (χ3n) is 4.60. The quantitative estimate of drug-likeness (QED) is 0.611. The van der Waals surface area contributed by atoms with Crippen LogP contribution in [-0.4, -0.2) is 79.5 Å². The first-order chi connectivity index (χ1) is 12.9. The lowest BCUT2D eigenvalue weighted by atomic mass is 10.2. The van der Waals surface area contributed by atoms with E-state index < -0.39 is 0 Å². The van der Waals surface area contributed by atoms with Gasteiger partial charge in [-0.15, -0.1) is 0 Å². The summed E-state index contributed by atoms with van der Waals surface area (Å²) >= 11 is 0. The molecule has 1 atom stereocenters. The first kappa shape index (κ1) is 20.5. The fourth-order valence-corrected chi connectivity index (χ4v) is 2.65. The first-order valence-electron chi connectivity index (χ1n) is 9.32. The molecule has 27 heavy (non-hydrogen) atoms. The molecule has 1 aromatic rings. The highest BCUT2D eigenvalue weighted by Gasteiger charge is 2.22. The van der Waals surface area contributed by atoms with Crippen LogP contribution in [0.2, 0.25) is 0 Å². The van der Waals surface area contributed by atoms with Crippen molar-refractivity contribution in [2.75, 3.05) is 51.7 Å². The van der Waals surface area contributed by atoms with Crippen LogP contribution in [-0.2, 0) is 4.79 Å². The average Bonchev–Trinajstić information content (AvgIpc) is 2.70. The molecule has 0 aromatic carbocycles. The molecule has 0 radical (unpaired) electrons. The Labute approximate surface area is 161 Å². The van der Waals surface area contributed by atoms with Gasteiger partial charge in [-0.3, -0.25) is 4.79 Å². The maximum Gasteiger partial charge on any atom is 0.243 e. The monoisotopic (exact) mass is 371 g/mol. The minimum absolute atomic E-state index is 0.0189. The van der Waals surface area contributed by atoms with Crippen molar-refractivity contribution in [3.63, 3.8) is 0 Å². The Morgan fingerprint density at radius 3 is 2.67 bits per heavy atom. The molecule has 8 nitrogen and oxygen atoms in total. The second-order valence-electron chi connectivity index (χ2n) is 6.85. The smallest absolute Gasteiger partial charge is 0.243 e. The van der Waals surface area contributed by atoms with Crippen LogP contribution in [0.5, 0.6) is 0 Å². The van der Waals surface area contributed by atoms with Crippen LogP contribution in [0.15, 0.2) is 23.2 Å². The predicted octanol–water partition coefficient (Wildman–Crippen LogP) is 0.908. The molecule has 2 rings (SSSR count). The Hall–Kier alpha value is -2.82. The van der Waals surface area contributed by atoms with Crippen molar-refractivity contribution >= 4 is 17.7 Å². The molecule has 1 fully saturated rings. The normalized spacial score (nSPS) is 15.9. The Balaban J connectivity index is 2.04. The summed E-state index contributed by atoms with van der Waals surface area (Å²) in [6.45, 7) is 7.48. The number of anilines is 1. The van der Waals surface area contributed by atoms with E-state index >= 15 is 0 Å². The van der Waals surface area contributed by atoms with Crippen LogP contribution < -0.4 is 10.2 Å². The zero-order valence-electron chi connectivity index (χ0n) is 16.6. The second-order valence-corrected chi connectivity index (χ2v) is 6.85. The van der Waals surface area contributed by atoms with E-state index in [4.69, 9.17) is 5.26 Å². The van der Waals surface area contributed by atoms with Gasteiger partial charge in [-0.25, -0.2) is 9.98 Å². The molecule has 0 saturated carbocycles. The molecule has 0 spiro atoms. The van der Waals surface area contributed by atoms with E-state index in [2.05, 4.69) is 45.0 Å². The van der Waals surface area contributed by atoms with E-state index in [1.54, 1.807) is 25.1 Å². The topological polar surface area (TPSA) is 87.9 Å². The molecule has 2 heterocycles. The number of likely N-dealkylation sites (N-methyl/N-ethyl adjacent to an activating group) is 1. The molecular weight excluding hydrogens is 342 g/mol. The molecule has 1 unspecified atom stereocenters. The summed E-state index contributed by atoms with van der Waals surface area (Å²) in [5.74, 6) is 1.58. The van der Waals surface area contributed by atoms with Gasteiger partial charge in [-0.05, 0) is 25.5 Å². The maximum absolute atomic E-state index is 11.9. The fourth-order valence-electron chi connectivity index (χ4n) is 2.65. The van der Waals surface area contributed by atoms with Gasteiger partial charge in [0.1, 0.15) is 24.1 Å². The van der Waals surface area contributed by atoms with Gasteiger partial charge in [0.25, 0.3) is 0 Å². The van der Waals surface area contributed by atoms with E-state index in [-0.39, 0.29) is 18.5 Å². The first-order valence-corrected chi connectivity index (χ1v) is 9.32. The SMILES string of the molecule is CCC(C)NC(=NCC(=O)N(C)C)N1CCN(c2cccc(C#N)n2)CC1. The summed E-state index contributed by atoms with van der Waals surface area (Å²) in [4.78, 5) is 26.7. The van der Waals surface area contributed by atoms with Crippen molar-refractivity contribution < 1.29 is 4.79 Å². The number of aromatic nitrogens is 1. The number of guanidine groups is 1. The number of carbonyl (C=O) groups excluding carboxylic acids is 1. The standard InChI is InChI=1S/C19H29N7O/c1-5-15(2)22-19(21-14-18(27)24(3)4)26-11-9-25(10-12-26)17-8-6-7-16(13-20)23-17/h6-8,15H,5,9-12,14H2,1-4H3,(H,21,22). The number of rotatable bonds is 5. The molecule has 8 heteroatoms. The summed E-state index contributed by atoms with van der Waals surface area (Å²) in [7, 11) is 3.47. The molecule has 0 aliphatic carbocycles. The lowest BCUT2D eigenvalue weighted by Gasteiger charge is -2.37. The Kier molecular flexibility index (Phi) is 7.41. The van der Waals surface area contributed by atoms with Crippen LogP contribution in [0.3, 0.4) is 0 Å². The van der Waals surface area contributed by atoms with Gasteiger partial charge in [-0.1, -0.05) is 13.0 Å². The highest BCUT2D eigenvalue weighted by Crippen LogP contribution is 2.14. The number of piperazine rings is 1. The van der Waals surface area contributed by atoms with Crippen molar-refractivity contribution in [3.8, 4) is 6.07 Å². The Morgan fingerprint density at radius 2 is 2.07 bits per heavy atom. The Morgan fingerprint density at radius 1 is 1.37 bits per heavy atom. The number of hydrogen-bond acceptors (Lipinski definition) is 5. The van der Waals surface area contributed by atoms with Gasteiger partial charge in [0, 0.05) is 46.3 Å².